The van der Waals surface area contributed by atoms with Crippen LogP contribution < -0.4 is 11.1 Å². The maximum atomic E-state index is 12.3. The largest absolute Gasteiger partial charge is 0.352 e. The molecule has 0 bridgehead atoms. The Labute approximate surface area is 122 Å². The van der Waals surface area contributed by atoms with Gasteiger partial charge in [-0.1, -0.05) is 13.8 Å². The predicted molar refractivity (Wildman–Crippen MR) is 80.1 cm³/mol. The average Bonchev–Trinajstić information content (AvgIpc) is 2.39. The van der Waals surface area contributed by atoms with E-state index in [0.29, 0.717) is 0 Å². The summed E-state index contributed by atoms with van der Waals surface area (Å²) in [5, 5.41) is 2.97. The SMILES string of the molecule is CCC(CC)C(=O)N1CCC(NC(=O)C(C)(C)N)CC1. The Morgan fingerprint density at radius 2 is 1.75 bits per heavy atom. The number of carbonyl (C=O) groups is 2. The van der Waals surface area contributed by atoms with E-state index in [1.165, 1.54) is 0 Å². The first-order valence-corrected chi connectivity index (χ1v) is 7.68. The van der Waals surface area contributed by atoms with Crippen LogP contribution in [0.2, 0.25) is 0 Å². The third-order valence-corrected chi connectivity index (χ3v) is 4.06. The first-order chi connectivity index (χ1) is 9.29. The summed E-state index contributed by atoms with van der Waals surface area (Å²) in [5.74, 6) is 0.283. The van der Waals surface area contributed by atoms with E-state index in [1.54, 1.807) is 13.8 Å². The topological polar surface area (TPSA) is 75.4 Å². The summed E-state index contributed by atoms with van der Waals surface area (Å²) in [5.41, 5.74) is 4.93. The Morgan fingerprint density at radius 1 is 1.25 bits per heavy atom. The highest BCUT2D eigenvalue weighted by molar-refractivity contribution is 5.85. The molecule has 116 valence electrons. The predicted octanol–water partition coefficient (Wildman–Crippen LogP) is 1.27. The Bertz CT molecular complexity index is 338. The van der Waals surface area contributed by atoms with Crippen LogP contribution in [0.5, 0.6) is 0 Å². The molecule has 3 N–H and O–H groups in total. The van der Waals surface area contributed by atoms with Crippen molar-refractivity contribution in [1.29, 1.82) is 0 Å². The quantitative estimate of drug-likeness (QED) is 0.798. The summed E-state index contributed by atoms with van der Waals surface area (Å²) in [4.78, 5) is 26.0. The Hall–Kier alpha value is -1.10. The molecule has 2 amide bonds. The van der Waals surface area contributed by atoms with Crippen LogP contribution in [0.15, 0.2) is 0 Å². The molecule has 1 fully saturated rings. The lowest BCUT2D eigenvalue weighted by Crippen LogP contribution is -2.55. The second-order valence-electron chi connectivity index (χ2n) is 6.31. The van der Waals surface area contributed by atoms with Gasteiger partial charge < -0.3 is 16.0 Å². The fourth-order valence-electron chi connectivity index (χ4n) is 2.51. The molecule has 0 saturated carbocycles. The van der Waals surface area contributed by atoms with E-state index < -0.39 is 5.54 Å². The van der Waals surface area contributed by atoms with Crippen molar-refractivity contribution in [2.24, 2.45) is 11.7 Å². The normalized spacial score (nSPS) is 17.4. The molecule has 0 aromatic heterocycles. The van der Waals surface area contributed by atoms with Crippen LogP contribution in [-0.4, -0.2) is 41.4 Å². The van der Waals surface area contributed by atoms with Crippen molar-refractivity contribution in [3.63, 3.8) is 0 Å². The molecule has 5 nitrogen and oxygen atoms in total. The van der Waals surface area contributed by atoms with Gasteiger partial charge in [-0.2, -0.15) is 0 Å². The zero-order valence-corrected chi connectivity index (χ0v) is 13.2. The maximum absolute atomic E-state index is 12.3. The van der Waals surface area contributed by atoms with Gasteiger partial charge in [0.25, 0.3) is 0 Å². The first kappa shape index (κ1) is 17.0. The molecular weight excluding hydrogens is 254 g/mol. The summed E-state index contributed by atoms with van der Waals surface area (Å²) >= 11 is 0. The highest BCUT2D eigenvalue weighted by atomic mass is 16.2. The average molecular weight is 283 g/mol. The molecule has 20 heavy (non-hydrogen) atoms. The van der Waals surface area contributed by atoms with Crippen LogP contribution in [0.3, 0.4) is 0 Å². The third-order valence-electron chi connectivity index (χ3n) is 4.06. The number of nitrogens with two attached hydrogens (primary N) is 1. The molecular formula is C15H29N3O2. The smallest absolute Gasteiger partial charge is 0.239 e. The maximum Gasteiger partial charge on any atom is 0.239 e. The Morgan fingerprint density at radius 3 is 2.15 bits per heavy atom. The molecule has 0 radical (unpaired) electrons. The summed E-state index contributed by atoms with van der Waals surface area (Å²) in [7, 11) is 0. The lowest BCUT2D eigenvalue weighted by molar-refractivity contribution is -0.137. The van der Waals surface area contributed by atoms with E-state index in [4.69, 9.17) is 5.73 Å². The third kappa shape index (κ3) is 4.47. The number of carbonyl (C=O) groups excluding carboxylic acids is 2. The molecule has 0 aromatic rings. The van der Waals surface area contributed by atoms with Crippen molar-refractivity contribution in [3.8, 4) is 0 Å². The van der Waals surface area contributed by atoms with E-state index in [9.17, 15) is 9.59 Å². The van der Waals surface area contributed by atoms with Crippen molar-refractivity contribution >= 4 is 11.8 Å². The fraction of sp³-hybridized carbons (Fsp3) is 0.867. The van der Waals surface area contributed by atoms with Crippen LogP contribution >= 0.6 is 0 Å². The van der Waals surface area contributed by atoms with Gasteiger partial charge >= 0.3 is 0 Å². The number of likely N-dealkylation sites (tertiary alicyclic amines) is 1. The van der Waals surface area contributed by atoms with Crippen LogP contribution in [-0.2, 0) is 9.59 Å². The molecule has 0 spiro atoms. The monoisotopic (exact) mass is 283 g/mol. The van der Waals surface area contributed by atoms with Crippen LogP contribution in [0, 0.1) is 5.92 Å². The lowest BCUT2D eigenvalue weighted by atomic mass is 9.97. The number of hydrogen-bond donors (Lipinski definition) is 2. The Balaban J connectivity index is 2.44. The zero-order valence-electron chi connectivity index (χ0n) is 13.2. The summed E-state index contributed by atoms with van der Waals surface area (Å²) in [6.45, 7) is 8.98. The highest BCUT2D eigenvalue weighted by Gasteiger charge is 2.29. The van der Waals surface area contributed by atoms with Gasteiger partial charge in [0.1, 0.15) is 0 Å². The van der Waals surface area contributed by atoms with Crippen molar-refractivity contribution in [1.82, 2.24) is 10.2 Å². The van der Waals surface area contributed by atoms with Gasteiger partial charge in [0, 0.05) is 25.0 Å². The van der Waals surface area contributed by atoms with Gasteiger partial charge in [-0.25, -0.2) is 0 Å². The lowest BCUT2D eigenvalue weighted by Gasteiger charge is -2.35. The van der Waals surface area contributed by atoms with Gasteiger partial charge in [0.05, 0.1) is 5.54 Å². The number of piperidine rings is 1. The molecule has 0 atom stereocenters. The van der Waals surface area contributed by atoms with Gasteiger partial charge in [-0.3, -0.25) is 9.59 Å². The second kappa shape index (κ2) is 7.07. The molecule has 1 saturated heterocycles. The minimum absolute atomic E-state index is 0.123. The second-order valence-corrected chi connectivity index (χ2v) is 6.31. The molecule has 0 unspecified atom stereocenters. The van der Waals surface area contributed by atoms with E-state index in [2.05, 4.69) is 19.2 Å². The van der Waals surface area contributed by atoms with Crippen LogP contribution in [0.4, 0.5) is 0 Å². The minimum atomic E-state index is -0.845. The van der Waals surface area contributed by atoms with Gasteiger partial charge in [0.2, 0.25) is 11.8 Å². The van der Waals surface area contributed by atoms with Crippen LogP contribution in [0.1, 0.15) is 53.4 Å². The van der Waals surface area contributed by atoms with Crippen molar-refractivity contribution in [2.75, 3.05) is 13.1 Å². The molecule has 0 aliphatic carbocycles. The molecule has 1 aliphatic heterocycles. The van der Waals surface area contributed by atoms with Gasteiger partial charge in [-0.15, -0.1) is 0 Å². The highest BCUT2D eigenvalue weighted by Crippen LogP contribution is 2.17. The minimum Gasteiger partial charge on any atom is -0.352 e. The number of nitrogens with one attached hydrogen (secondary N) is 1. The summed E-state index contributed by atoms with van der Waals surface area (Å²) in [6.07, 6.45) is 3.42. The van der Waals surface area contributed by atoms with Gasteiger partial charge in [-0.05, 0) is 39.5 Å². The zero-order chi connectivity index (χ0) is 15.3. The van der Waals surface area contributed by atoms with Crippen molar-refractivity contribution in [2.45, 2.75) is 65.0 Å². The number of amides is 2. The molecule has 1 heterocycles. The standard InChI is InChI=1S/C15H29N3O2/c1-5-11(6-2)13(19)18-9-7-12(8-10-18)17-14(20)15(3,4)16/h11-12H,5-10,16H2,1-4H3,(H,17,20). The van der Waals surface area contributed by atoms with E-state index in [1.807, 2.05) is 4.90 Å². The number of nitrogens with zero attached hydrogens (tertiary/aromatic N) is 1. The first-order valence-electron chi connectivity index (χ1n) is 7.68. The van der Waals surface area contributed by atoms with Crippen molar-refractivity contribution in [3.05, 3.63) is 0 Å². The summed E-state index contributed by atoms with van der Waals surface area (Å²) < 4.78 is 0. The van der Waals surface area contributed by atoms with E-state index in [-0.39, 0.29) is 23.8 Å². The molecule has 1 rings (SSSR count). The molecule has 0 aromatic carbocycles. The summed E-state index contributed by atoms with van der Waals surface area (Å²) in [6, 6.07) is 0.135. The van der Waals surface area contributed by atoms with Crippen LogP contribution in [0.25, 0.3) is 0 Å². The molecule has 1 aliphatic rings. The van der Waals surface area contributed by atoms with Crippen molar-refractivity contribution < 1.29 is 9.59 Å². The number of hydrogen-bond acceptors (Lipinski definition) is 3. The van der Waals surface area contributed by atoms with E-state index >= 15 is 0 Å². The number of rotatable bonds is 5. The molecule has 5 heteroatoms. The fourth-order valence-corrected chi connectivity index (χ4v) is 2.51. The Kier molecular flexibility index (Phi) is 5.99. The van der Waals surface area contributed by atoms with Gasteiger partial charge in [0.15, 0.2) is 0 Å². The van der Waals surface area contributed by atoms with E-state index in [0.717, 1.165) is 38.8 Å².